The van der Waals surface area contributed by atoms with Gasteiger partial charge in [-0.3, -0.25) is 0 Å². The third-order valence-corrected chi connectivity index (χ3v) is 1.95. The van der Waals surface area contributed by atoms with Crippen molar-refractivity contribution in [2.75, 3.05) is 6.61 Å². The predicted octanol–water partition coefficient (Wildman–Crippen LogP) is 4.10. The van der Waals surface area contributed by atoms with Gasteiger partial charge < -0.3 is 4.74 Å². The quantitative estimate of drug-likeness (QED) is 0.581. The molecule has 14 heavy (non-hydrogen) atoms. The van der Waals surface area contributed by atoms with Crippen molar-refractivity contribution in [1.29, 1.82) is 0 Å². The van der Waals surface area contributed by atoms with E-state index < -0.39 is 0 Å². The number of hydrogen-bond donors (Lipinski definition) is 0. The van der Waals surface area contributed by atoms with E-state index in [1.54, 1.807) is 0 Å². The maximum Gasteiger partial charge on any atom is 0.0653 e. The normalized spacial score (nSPS) is 12.0. The first-order chi connectivity index (χ1) is 6.52. The maximum absolute atomic E-state index is 5.45. The zero-order valence-corrected chi connectivity index (χ0v) is 10.3. The average molecular weight is 196 g/mol. The summed E-state index contributed by atoms with van der Waals surface area (Å²) in [6, 6.07) is 0. The second-order valence-electron chi connectivity index (χ2n) is 4.25. The van der Waals surface area contributed by atoms with Crippen LogP contribution in [0.1, 0.15) is 47.5 Å². The van der Waals surface area contributed by atoms with E-state index in [1.807, 2.05) is 0 Å². The van der Waals surface area contributed by atoms with Gasteiger partial charge in [-0.2, -0.15) is 0 Å². The maximum atomic E-state index is 5.45. The van der Waals surface area contributed by atoms with E-state index in [0.29, 0.717) is 6.10 Å². The van der Waals surface area contributed by atoms with Gasteiger partial charge in [0.2, 0.25) is 0 Å². The van der Waals surface area contributed by atoms with Gasteiger partial charge in [-0.1, -0.05) is 23.3 Å². The summed E-state index contributed by atoms with van der Waals surface area (Å²) in [5, 5.41) is 0. The summed E-state index contributed by atoms with van der Waals surface area (Å²) >= 11 is 0. The molecule has 0 heterocycles. The Labute approximate surface area is 88.9 Å². The van der Waals surface area contributed by atoms with Crippen molar-refractivity contribution in [2.24, 2.45) is 0 Å². The highest BCUT2D eigenvalue weighted by atomic mass is 16.5. The molecule has 0 saturated carbocycles. The zero-order chi connectivity index (χ0) is 11.0. The monoisotopic (exact) mass is 196 g/mol. The Bertz CT molecular complexity index is 195. The lowest BCUT2D eigenvalue weighted by molar-refractivity contribution is 0.102. The summed E-state index contributed by atoms with van der Waals surface area (Å²) in [6.45, 7) is 11.3. The fourth-order valence-electron chi connectivity index (χ4n) is 1.07. The van der Waals surface area contributed by atoms with E-state index in [-0.39, 0.29) is 0 Å². The van der Waals surface area contributed by atoms with Gasteiger partial charge in [0.1, 0.15) is 0 Å². The van der Waals surface area contributed by atoms with Crippen LogP contribution in [0.15, 0.2) is 23.3 Å². The Morgan fingerprint density at radius 2 is 1.79 bits per heavy atom. The molecule has 0 N–H and O–H groups in total. The molecule has 0 aromatic carbocycles. The van der Waals surface area contributed by atoms with Gasteiger partial charge in [0.05, 0.1) is 12.7 Å². The molecule has 0 unspecified atom stereocenters. The minimum Gasteiger partial charge on any atom is -0.375 e. The Morgan fingerprint density at radius 1 is 1.14 bits per heavy atom. The van der Waals surface area contributed by atoms with Crippen LogP contribution >= 0.6 is 0 Å². The fraction of sp³-hybridized carbons (Fsp3) is 0.692. The van der Waals surface area contributed by atoms with Gasteiger partial charge in [-0.15, -0.1) is 0 Å². The van der Waals surface area contributed by atoms with Crippen LogP contribution in [0.25, 0.3) is 0 Å². The second-order valence-corrected chi connectivity index (χ2v) is 4.25. The molecule has 0 atom stereocenters. The van der Waals surface area contributed by atoms with E-state index in [9.17, 15) is 0 Å². The number of hydrogen-bond acceptors (Lipinski definition) is 1. The summed E-state index contributed by atoms with van der Waals surface area (Å²) in [5.41, 5.74) is 2.82. The van der Waals surface area contributed by atoms with E-state index in [4.69, 9.17) is 4.74 Å². The third-order valence-electron chi connectivity index (χ3n) is 1.95. The molecular weight excluding hydrogens is 172 g/mol. The van der Waals surface area contributed by atoms with E-state index in [0.717, 1.165) is 19.4 Å². The first-order valence-electron chi connectivity index (χ1n) is 5.43. The fourth-order valence-corrected chi connectivity index (χ4v) is 1.07. The molecule has 0 aromatic heterocycles. The van der Waals surface area contributed by atoms with Gasteiger partial charge >= 0.3 is 0 Å². The predicted molar refractivity (Wildman–Crippen MR) is 63.5 cm³/mol. The molecule has 0 bridgehead atoms. The Morgan fingerprint density at radius 3 is 2.29 bits per heavy atom. The molecule has 0 aliphatic heterocycles. The van der Waals surface area contributed by atoms with Crippen LogP contribution in [0.4, 0.5) is 0 Å². The van der Waals surface area contributed by atoms with Crippen LogP contribution in [-0.2, 0) is 4.74 Å². The molecule has 1 nitrogen and oxygen atoms in total. The zero-order valence-electron chi connectivity index (χ0n) is 10.3. The minimum absolute atomic E-state index is 0.330. The number of ether oxygens (including phenoxy) is 1. The van der Waals surface area contributed by atoms with Crippen LogP contribution in [-0.4, -0.2) is 12.7 Å². The van der Waals surface area contributed by atoms with Crippen molar-refractivity contribution in [1.82, 2.24) is 0 Å². The van der Waals surface area contributed by atoms with Crippen LogP contribution in [0.2, 0.25) is 0 Å². The molecule has 0 saturated heterocycles. The first kappa shape index (κ1) is 13.4. The summed E-state index contributed by atoms with van der Waals surface area (Å²) in [5.74, 6) is 0. The van der Waals surface area contributed by atoms with Crippen molar-refractivity contribution >= 4 is 0 Å². The second kappa shape index (κ2) is 7.81. The van der Waals surface area contributed by atoms with Gasteiger partial charge in [0.25, 0.3) is 0 Å². The summed E-state index contributed by atoms with van der Waals surface area (Å²) < 4.78 is 5.45. The molecule has 0 fully saturated rings. The van der Waals surface area contributed by atoms with Gasteiger partial charge in [-0.05, 0) is 47.5 Å². The average Bonchev–Trinajstić information content (AvgIpc) is 2.02. The number of allylic oxidation sites excluding steroid dienone is 3. The van der Waals surface area contributed by atoms with Gasteiger partial charge in [0.15, 0.2) is 0 Å². The molecule has 0 amide bonds. The molecule has 0 aliphatic rings. The topological polar surface area (TPSA) is 9.23 Å². The smallest absolute Gasteiger partial charge is 0.0653 e. The molecular formula is C13H24O. The summed E-state index contributed by atoms with van der Waals surface area (Å²) in [7, 11) is 0. The third kappa shape index (κ3) is 9.53. The summed E-state index contributed by atoms with van der Waals surface area (Å²) in [6.07, 6.45) is 7.08. The largest absolute Gasteiger partial charge is 0.375 e. The highest BCUT2D eigenvalue weighted by Crippen LogP contribution is 2.06. The Kier molecular flexibility index (Phi) is 7.50. The SMILES string of the molecule is CC(C)=CCC/C(C)=C/COC(C)C. The highest BCUT2D eigenvalue weighted by molar-refractivity contribution is 5.02. The Hall–Kier alpha value is -0.560. The molecule has 1 heteroatoms. The minimum atomic E-state index is 0.330. The van der Waals surface area contributed by atoms with Crippen LogP contribution in [0.5, 0.6) is 0 Å². The lowest BCUT2D eigenvalue weighted by Crippen LogP contribution is -2.01. The van der Waals surface area contributed by atoms with Crippen molar-refractivity contribution in [3.63, 3.8) is 0 Å². The molecule has 0 rings (SSSR count). The van der Waals surface area contributed by atoms with Gasteiger partial charge in [0, 0.05) is 0 Å². The van der Waals surface area contributed by atoms with Crippen LogP contribution < -0.4 is 0 Å². The first-order valence-corrected chi connectivity index (χ1v) is 5.43. The van der Waals surface area contributed by atoms with Crippen molar-refractivity contribution < 1.29 is 4.74 Å². The van der Waals surface area contributed by atoms with Crippen LogP contribution in [0.3, 0.4) is 0 Å². The van der Waals surface area contributed by atoms with Crippen molar-refractivity contribution in [3.05, 3.63) is 23.3 Å². The van der Waals surface area contributed by atoms with Crippen molar-refractivity contribution in [2.45, 2.75) is 53.6 Å². The lowest BCUT2D eigenvalue weighted by atomic mass is 10.1. The lowest BCUT2D eigenvalue weighted by Gasteiger charge is -2.04. The molecule has 0 aromatic rings. The van der Waals surface area contributed by atoms with Crippen LogP contribution in [0, 0.1) is 0 Å². The highest BCUT2D eigenvalue weighted by Gasteiger charge is 1.91. The van der Waals surface area contributed by atoms with Crippen molar-refractivity contribution in [3.8, 4) is 0 Å². The summed E-state index contributed by atoms with van der Waals surface area (Å²) in [4.78, 5) is 0. The molecule has 82 valence electrons. The Balaban J connectivity index is 3.62. The molecule has 0 spiro atoms. The molecule has 0 radical (unpaired) electrons. The van der Waals surface area contributed by atoms with E-state index in [2.05, 4.69) is 46.8 Å². The molecule has 0 aliphatic carbocycles. The number of rotatable bonds is 6. The van der Waals surface area contributed by atoms with E-state index >= 15 is 0 Å². The van der Waals surface area contributed by atoms with E-state index in [1.165, 1.54) is 11.1 Å². The standard InChI is InChI=1S/C13H24O/c1-11(2)7-6-8-13(5)9-10-14-12(3)4/h7,9,12H,6,8,10H2,1-5H3/b13-9+. The van der Waals surface area contributed by atoms with Gasteiger partial charge in [-0.25, -0.2) is 0 Å².